The van der Waals surface area contributed by atoms with Crippen LogP contribution in [0.25, 0.3) is 0 Å². The molecule has 0 fully saturated rings. The maximum absolute atomic E-state index is 12.8. The highest BCUT2D eigenvalue weighted by molar-refractivity contribution is 6.77. The van der Waals surface area contributed by atoms with Crippen molar-refractivity contribution < 1.29 is 63.8 Å². The summed E-state index contributed by atoms with van der Waals surface area (Å²) in [6, 6.07) is 0. The molecular weight excluding hydrogens is 347 g/mol. The molecule has 0 atom stereocenters. The van der Waals surface area contributed by atoms with Gasteiger partial charge < -0.3 is 5.11 Å². The lowest BCUT2D eigenvalue weighted by atomic mass is 9.96. The molecule has 5 nitrogen and oxygen atoms in total. The van der Waals surface area contributed by atoms with Crippen LogP contribution in [-0.4, -0.2) is 52.4 Å². The second-order valence-corrected chi connectivity index (χ2v) is 3.51. The van der Waals surface area contributed by atoms with Gasteiger partial charge in [-0.05, 0) is 0 Å². The first-order chi connectivity index (χ1) is 9.43. The average molecular weight is 348 g/mol. The fraction of sp³-hybridized carbons (Fsp3) is 0.500. The first kappa shape index (κ1) is 19.9. The van der Waals surface area contributed by atoms with E-state index in [0.29, 0.717) is 0 Å². The number of Topliss-reactive ketones (excluding diaryl/α,β-unsaturated/α-hetero) is 3. The third-order valence-corrected chi connectivity index (χ3v) is 2.04. The van der Waals surface area contributed by atoms with Gasteiger partial charge in [-0.3, -0.25) is 14.4 Å². The predicted octanol–water partition coefficient (Wildman–Crippen LogP) is 1.25. The van der Waals surface area contributed by atoms with Crippen LogP contribution in [-0.2, 0) is 19.2 Å². The van der Waals surface area contributed by atoms with Crippen molar-refractivity contribution in [3.8, 4) is 0 Å². The Labute approximate surface area is 112 Å². The summed E-state index contributed by atoms with van der Waals surface area (Å²) in [4.78, 5) is 41.3. The Morgan fingerprint density at radius 2 is 1.00 bits per heavy atom. The first-order valence-corrected chi connectivity index (χ1v) is 4.49. The number of carboxylic acid groups (broad SMARTS) is 1. The van der Waals surface area contributed by atoms with Crippen molar-refractivity contribution in [1.29, 1.82) is 0 Å². The highest BCUT2D eigenvalue weighted by Gasteiger charge is 2.84. The Balaban J connectivity index is 5.93. The molecule has 14 heteroatoms. The number of halogens is 9. The Hall–Kier alpha value is -2.15. The molecule has 0 bridgehead atoms. The monoisotopic (exact) mass is 348 g/mol. The van der Waals surface area contributed by atoms with Gasteiger partial charge in [0.2, 0.25) is 0 Å². The summed E-state index contributed by atoms with van der Waals surface area (Å²) in [5, 5.41) is 7.88. The molecule has 0 saturated carbocycles. The van der Waals surface area contributed by atoms with E-state index in [1.54, 1.807) is 0 Å². The molecule has 0 aromatic rings. The Bertz CT molecular complexity index is 533. The molecule has 0 aliphatic heterocycles. The number of alkyl halides is 9. The topological polar surface area (TPSA) is 88.5 Å². The zero-order chi connectivity index (χ0) is 18.3. The van der Waals surface area contributed by atoms with E-state index >= 15 is 0 Å². The number of hydrogen-bond donors (Lipinski definition) is 1. The molecule has 126 valence electrons. The van der Waals surface area contributed by atoms with Gasteiger partial charge in [0.15, 0.2) is 0 Å². The maximum atomic E-state index is 12.8. The Morgan fingerprint density at radius 3 is 1.27 bits per heavy atom. The largest absolute Gasteiger partial charge is 0.475 e. The summed E-state index contributed by atoms with van der Waals surface area (Å²) < 4.78 is 111. The van der Waals surface area contributed by atoms with E-state index in [9.17, 15) is 58.7 Å². The molecule has 0 spiro atoms. The molecule has 0 saturated heterocycles. The molecule has 0 unspecified atom stereocenters. The third kappa shape index (κ3) is 2.76. The molecular formula is C8HF9O5. The summed E-state index contributed by atoms with van der Waals surface area (Å²) in [7, 11) is 0. The van der Waals surface area contributed by atoms with Gasteiger partial charge >= 0.3 is 35.7 Å². The van der Waals surface area contributed by atoms with E-state index in [-0.39, 0.29) is 0 Å². The van der Waals surface area contributed by atoms with Gasteiger partial charge in [0, 0.05) is 0 Å². The zero-order valence-corrected chi connectivity index (χ0v) is 9.48. The molecule has 0 aromatic heterocycles. The van der Waals surface area contributed by atoms with Crippen molar-refractivity contribution in [2.24, 2.45) is 0 Å². The number of hydrogen-bond acceptors (Lipinski definition) is 4. The summed E-state index contributed by atoms with van der Waals surface area (Å²) in [6.07, 6.45) is -7.24. The number of rotatable bonds is 6. The predicted molar refractivity (Wildman–Crippen MR) is 43.6 cm³/mol. The van der Waals surface area contributed by atoms with E-state index in [2.05, 4.69) is 0 Å². The zero-order valence-electron chi connectivity index (χ0n) is 9.48. The van der Waals surface area contributed by atoms with Crippen LogP contribution in [0.4, 0.5) is 39.5 Å². The highest BCUT2D eigenvalue weighted by atomic mass is 19.4. The number of carbonyl (C=O) groups is 4. The Morgan fingerprint density at radius 1 is 0.636 bits per heavy atom. The van der Waals surface area contributed by atoms with Crippen molar-refractivity contribution >= 4 is 23.3 Å². The normalized spacial score (nSPS) is 13.7. The van der Waals surface area contributed by atoms with Gasteiger partial charge in [0.1, 0.15) is 0 Å². The lowest BCUT2D eigenvalue weighted by Gasteiger charge is -2.32. The van der Waals surface area contributed by atoms with Crippen molar-refractivity contribution in [3.63, 3.8) is 0 Å². The van der Waals surface area contributed by atoms with Gasteiger partial charge in [-0.2, -0.15) is 39.5 Å². The van der Waals surface area contributed by atoms with Gasteiger partial charge in [0.25, 0.3) is 11.6 Å². The lowest BCUT2D eigenvalue weighted by Crippen LogP contribution is -2.64. The fourth-order valence-corrected chi connectivity index (χ4v) is 0.861. The molecule has 0 aliphatic carbocycles. The van der Waals surface area contributed by atoms with Crippen LogP contribution >= 0.6 is 0 Å². The van der Waals surface area contributed by atoms with Gasteiger partial charge in [0.05, 0.1) is 0 Å². The van der Waals surface area contributed by atoms with Gasteiger partial charge in [-0.25, -0.2) is 4.79 Å². The van der Waals surface area contributed by atoms with Gasteiger partial charge in [-0.15, -0.1) is 0 Å². The molecule has 0 amide bonds. The number of carbonyl (C=O) groups excluding carboxylic acids is 3. The molecule has 1 N–H and O–H groups in total. The minimum Gasteiger partial charge on any atom is -0.475 e. The van der Waals surface area contributed by atoms with E-state index in [1.807, 2.05) is 0 Å². The average Bonchev–Trinajstić information content (AvgIpc) is 2.33. The fourth-order valence-electron chi connectivity index (χ4n) is 0.861. The number of aliphatic carboxylic acids is 1. The Kier molecular flexibility index (Phi) is 4.73. The van der Waals surface area contributed by atoms with E-state index in [0.717, 1.165) is 0 Å². The first-order valence-electron chi connectivity index (χ1n) is 4.49. The molecule has 0 rings (SSSR count). The number of ketones is 3. The SMILES string of the molecule is O=C(O)C(=O)C(=O)C(=O)C(F)(F)C(F)(F)C(F)(F)C(F)(F)F. The molecule has 22 heavy (non-hydrogen) atoms. The highest BCUT2D eigenvalue weighted by Crippen LogP contribution is 2.53. The minimum atomic E-state index is -7.45. The maximum Gasteiger partial charge on any atom is 0.460 e. The smallest absolute Gasteiger partial charge is 0.460 e. The van der Waals surface area contributed by atoms with Crippen LogP contribution in [0.15, 0.2) is 0 Å². The van der Waals surface area contributed by atoms with E-state index in [1.165, 1.54) is 0 Å². The van der Waals surface area contributed by atoms with Crippen molar-refractivity contribution in [3.05, 3.63) is 0 Å². The third-order valence-electron chi connectivity index (χ3n) is 2.04. The number of carboxylic acids is 1. The van der Waals surface area contributed by atoms with Crippen LogP contribution < -0.4 is 0 Å². The molecule has 0 aromatic carbocycles. The second-order valence-electron chi connectivity index (χ2n) is 3.51. The van der Waals surface area contributed by atoms with Crippen molar-refractivity contribution in [2.45, 2.75) is 23.9 Å². The standard InChI is InChI=1S/C8HF9O5/c9-5(10,3(20)1(18)2(19)4(21)22)6(11,12)7(13,14)8(15,16)17/h(H,21,22). The van der Waals surface area contributed by atoms with Crippen LogP contribution in [0.2, 0.25) is 0 Å². The molecule has 0 aliphatic rings. The minimum absolute atomic E-state index is 2.89. The van der Waals surface area contributed by atoms with E-state index in [4.69, 9.17) is 5.11 Å². The summed E-state index contributed by atoms with van der Waals surface area (Å²) in [6.45, 7) is 0. The van der Waals surface area contributed by atoms with Crippen molar-refractivity contribution in [2.75, 3.05) is 0 Å². The van der Waals surface area contributed by atoms with Crippen LogP contribution in [0.1, 0.15) is 0 Å². The quantitative estimate of drug-likeness (QED) is 0.443. The van der Waals surface area contributed by atoms with E-state index < -0.39 is 47.3 Å². The molecule has 0 radical (unpaired) electrons. The summed E-state index contributed by atoms with van der Waals surface area (Å²) >= 11 is 0. The lowest BCUT2D eigenvalue weighted by molar-refractivity contribution is -0.387. The van der Waals surface area contributed by atoms with Crippen LogP contribution in [0.3, 0.4) is 0 Å². The second kappa shape index (κ2) is 5.24. The van der Waals surface area contributed by atoms with Crippen LogP contribution in [0, 0.1) is 0 Å². The summed E-state index contributed by atoms with van der Waals surface area (Å²) in [5.41, 5.74) is 0. The van der Waals surface area contributed by atoms with Crippen molar-refractivity contribution in [1.82, 2.24) is 0 Å². The van der Waals surface area contributed by atoms with Gasteiger partial charge in [-0.1, -0.05) is 0 Å². The van der Waals surface area contributed by atoms with Crippen LogP contribution in [0.5, 0.6) is 0 Å². The molecule has 0 heterocycles. The summed E-state index contributed by atoms with van der Waals surface area (Å²) in [5.74, 6) is -35.2.